The fraction of sp³-hybridized carbons (Fsp3) is 0.500. The van der Waals surface area contributed by atoms with E-state index in [0.29, 0.717) is 10.2 Å². The van der Waals surface area contributed by atoms with Crippen LogP contribution in [0.3, 0.4) is 0 Å². The maximum absolute atomic E-state index is 11.8. The molecule has 0 spiro atoms. The summed E-state index contributed by atoms with van der Waals surface area (Å²) in [5.41, 5.74) is 7.44. The van der Waals surface area contributed by atoms with E-state index in [0.717, 1.165) is 4.88 Å². The van der Waals surface area contributed by atoms with Crippen LogP contribution in [-0.4, -0.2) is 18.1 Å². The highest BCUT2D eigenvalue weighted by atomic mass is 79.9. The summed E-state index contributed by atoms with van der Waals surface area (Å²) >= 11 is 4.70. The number of rotatable bonds is 5. The number of carbonyl (C=O) groups excluding carboxylic acids is 1. The molecule has 0 saturated heterocycles. The molecule has 0 radical (unpaired) electrons. The number of halogens is 1. The normalized spacial score (nSPS) is 10.8. The number of nitrogens with zero attached hydrogens (tertiary/aromatic N) is 3. The fourth-order valence-electron chi connectivity index (χ4n) is 1.09. The lowest BCUT2D eigenvalue weighted by Gasteiger charge is -2.22. The molecule has 1 heterocycles. The van der Waals surface area contributed by atoms with Crippen LogP contribution >= 0.6 is 27.3 Å². The van der Waals surface area contributed by atoms with Crippen molar-refractivity contribution in [1.82, 2.24) is 0 Å². The van der Waals surface area contributed by atoms with E-state index in [1.54, 1.807) is 19.9 Å². The minimum atomic E-state index is -0.790. The van der Waals surface area contributed by atoms with Crippen LogP contribution in [0.15, 0.2) is 17.2 Å². The van der Waals surface area contributed by atoms with E-state index in [-0.39, 0.29) is 12.5 Å². The van der Waals surface area contributed by atoms with Crippen molar-refractivity contribution in [3.8, 4) is 0 Å². The van der Waals surface area contributed by atoms with E-state index in [1.807, 2.05) is 6.07 Å². The van der Waals surface area contributed by atoms with Crippen molar-refractivity contribution in [2.75, 3.05) is 6.54 Å². The monoisotopic (exact) mass is 317 g/mol. The molecule has 92 valence electrons. The Bertz CT molecular complexity index is 452. The zero-order chi connectivity index (χ0) is 12.9. The number of hydrogen-bond acceptors (Lipinski definition) is 4. The van der Waals surface area contributed by atoms with E-state index >= 15 is 0 Å². The van der Waals surface area contributed by atoms with Crippen LogP contribution in [0, 0.1) is 0 Å². The summed E-state index contributed by atoms with van der Waals surface area (Å²) in [5.74, 6) is -0.389. The van der Waals surface area contributed by atoms with Gasteiger partial charge in [0.15, 0.2) is 0 Å². The quantitative estimate of drug-likeness (QED) is 0.271. The molecule has 1 rings (SSSR count). The Labute approximate surface area is 112 Å². The van der Waals surface area contributed by atoms with E-state index in [9.17, 15) is 4.79 Å². The zero-order valence-electron chi connectivity index (χ0n) is 9.51. The second kappa shape index (κ2) is 6.05. The first-order valence-electron chi connectivity index (χ1n) is 4.87. The second-order valence-electron chi connectivity index (χ2n) is 3.94. The Kier molecular flexibility index (Phi) is 4.99. The van der Waals surface area contributed by atoms with Gasteiger partial charge in [-0.05, 0) is 31.5 Å². The van der Waals surface area contributed by atoms with Crippen LogP contribution in [0.4, 0.5) is 0 Å². The lowest BCUT2D eigenvalue weighted by molar-refractivity contribution is 0.00355. The minimum Gasteiger partial charge on any atom is -0.455 e. The van der Waals surface area contributed by atoms with E-state index < -0.39 is 5.60 Å². The highest BCUT2D eigenvalue weighted by molar-refractivity contribution is 9.08. The van der Waals surface area contributed by atoms with E-state index in [4.69, 9.17) is 10.3 Å². The molecule has 0 aliphatic carbocycles. The van der Waals surface area contributed by atoms with E-state index in [2.05, 4.69) is 26.0 Å². The van der Waals surface area contributed by atoms with Gasteiger partial charge in [-0.3, -0.25) is 0 Å². The lowest BCUT2D eigenvalue weighted by Crippen LogP contribution is -2.30. The van der Waals surface area contributed by atoms with Gasteiger partial charge in [-0.1, -0.05) is 21.0 Å². The zero-order valence-corrected chi connectivity index (χ0v) is 11.9. The third-order valence-electron chi connectivity index (χ3n) is 1.88. The third-order valence-corrected chi connectivity index (χ3v) is 3.92. The summed E-state index contributed by atoms with van der Waals surface area (Å²) < 4.78 is 5.28. The summed E-state index contributed by atoms with van der Waals surface area (Å²) in [5, 5.41) is 4.13. The van der Waals surface area contributed by atoms with Crippen LogP contribution in [0.5, 0.6) is 0 Å². The lowest BCUT2D eigenvalue weighted by atomic mass is 10.1. The molecule has 0 bridgehead atoms. The number of esters is 1. The number of carbonyl (C=O) groups is 1. The number of thiophene rings is 1. The molecular weight excluding hydrogens is 306 g/mol. The Hall–Kier alpha value is -1.04. The predicted molar refractivity (Wildman–Crippen MR) is 70.5 cm³/mol. The molecule has 0 aromatic carbocycles. The molecule has 1 aromatic heterocycles. The average molecular weight is 318 g/mol. The largest absolute Gasteiger partial charge is 0.455 e. The molecule has 5 nitrogen and oxygen atoms in total. The van der Waals surface area contributed by atoms with Gasteiger partial charge < -0.3 is 4.74 Å². The number of ether oxygens (including phenoxy) is 1. The first-order valence-corrected chi connectivity index (χ1v) is 6.81. The number of hydrogen-bond donors (Lipinski definition) is 0. The molecule has 0 atom stereocenters. The van der Waals surface area contributed by atoms with Crippen molar-refractivity contribution >= 4 is 33.2 Å². The van der Waals surface area contributed by atoms with Gasteiger partial charge in [0, 0.05) is 15.1 Å². The maximum atomic E-state index is 11.8. The average Bonchev–Trinajstić information content (AvgIpc) is 2.74. The fourth-order valence-corrected chi connectivity index (χ4v) is 2.36. The highest BCUT2D eigenvalue weighted by Crippen LogP contribution is 2.22. The molecule has 0 saturated carbocycles. The molecule has 7 heteroatoms. The van der Waals surface area contributed by atoms with Crippen LogP contribution < -0.4 is 0 Å². The van der Waals surface area contributed by atoms with E-state index in [1.165, 1.54) is 11.3 Å². The van der Waals surface area contributed by atoms with Crippen molar-refractivity contribution in [2.45, 2.75) is 24.8 Å². The Morgan fingerprint density at radius 3 is 2.88 bits per heavy atom. The van der Waals surface area contributed by atoms with Crippen molar-refractivity contribution in [3.63, 3.8) is 0 Å². The SMILES string of the molecule is CC(C)(CN=[N+]=[N-])OC(=O)c1ccc(CBr)s1. The summed E-state index contributed by atoms with van der Waals surface area (Å²) in [6.07, 6.45) is 0. The first-order chi connectivity index (χ1) is 7.98. The molecule has 0 unspecified atom stereocenters. The smallest absolute Gasteiger partial charge is 0.348 e. The van der Waals surface area contributed by atoms with Gasteiger partial charge in [-0.2, -0.15) is 0 Å². The Morgan fingerprint density at radius 2 is 2.35 bits per heavy atom. The van der Waals surface area contributed by atoms with Crippen molar-refractivity contribution in [3.05, 3.63) is 32.3 Å². The Balaban J connectivity index is 2.68. The van der Waals surface area contributed by atoms with Crippen molar-refractivity contribution in [1.29, 1.82) is 0 Å². The molecule has 1 aromatic rings. The highest BCUT2D eigenvalue weighted by Gasteiger charge is 2.23. The van der Waals surface area contributed by atoms with Gasteiger partial charge in [0.25, 0.3) is 0 Å². The van der Waals surface area contributed by atoms with Crippen LogP contribution in [0.25, 0.3) is 10.4 Å². The maximum Gasteiger partial charge on any atom is 0.348 e. The Morgan fingerprint density at radius 1 is 1.65 bits per heavy atom. The minimum absolute atomic E-state index is 0.117. The molecule has 0 N–H and O–H groups in total. The molecule has 0 amide bonds. The van der Waals surface area contributed by atoms with Crippen LogP contribution in [0.2, 0.25) is 0 Å². The summed E-state index contributed by atoms with van der Waals surface area (Å²) in [7, 11) is 0. The summed E-state index contributed by atoms with van der Waals surface area (Å²) in [6, 6.07) is 3.60. The second-order valence-corrected chi connectivity index (χ2v) is 5.67. The van der Waals surface area contributed by atoms with Crippen molar-refractivity contribution in [2.24, 2.45) is 5.11 Å². The standard InChI is InChI=1S/C10H12BrN3O2S/c1-10(2,6-13-14-12)16-9(15)8-4-3-7(5-11)17-8/h3-4H,5-6H2,1-2H3. The van der Waals surface area contributed by atoms with Gasteiger partial charge in [0.1, 0.15) is 10.5 Å². The molecule has 0 aliphatic heterocycles. The van der Waals surface area contributed by atoms with Gasteiger partial charge in [-0.25, -0.2) is 4.79 Å². The molecule has 0 fully saturated rings. The van der Waals surface area contributed by atoms with Gasteiger partial charge in [0.2, 0.25) is 0 Å². The van der Waals surface area contributed by atoms with Gasteiger partial charge >= 0.3 is 5.97 Å². The number of alkyl halides is 1. The number of azide groups is 1. The van der Waals surface area contributed by atoms with Crippen LogP contribution in [-0.2, 0) is 10.1 Å². The molecular formula is C10H12BrN3O2S. The van der Waals surface area contributed by atoms with Crippen molar-refractivity contribution < 1.29 is 9.53 Å². The first kappa shape index (κ1) is 14.0. The topological polar surface area (TPSA) is 75.1 Å². The summed E-state index contributed by atoms with van der Waals surface area (Å²) in [4.78, 5) is 16.0. The predicted octanol–water partition coefficient (Wildman–Crippen LogP) is 3.89. The van der Waals surface area contributed by atoms with Gasteiger partial charge in [0.05, 0.1) is 6.54 Å². The summed E-state index contributed by atoms with van der Waals surface area (Å²) in [6.45, 7) is 3.53. The van der Waals surface area contributed by atoms with Crippen LogP contribution in [0.1, 0.15) is 28.4 Å². The molecule has 0 aliphatic rings. The third kappa shape index (κ3) is 4.38. The van der Waals surface area contributed by atoms with Gasteiger partial charge in [-0.15, -0.1) is 11.3 Å². The molecule has 17 heavy (non-hydrogen) atoms.